The lowest BCUT2D eigenvalue weighted by atomic mass is 10.1. The van der Waals surface area contributed by atoms with Crippen molar-refractivity contribution in [3.05, 3.63) is 34.3 Å². The summed E-state index contributed by atoms with van der Waals surface area (Å²) in [4.78, 5) is 0. The van der Waals surface area contributed by atoms with Crippen LogP contribution in [-0.4, -0.2) is 12.7 Å². The standard InChI is InChI=1S/C10H11ClF3N/c1-7-3-2-4-8(9(7)11)5-15-6-10(12,13)14/h2-4,15H,5-6H2,1H3. The molecule has 1 nitrogen and oxygen atoms in total. The molecule has 0 aliphatic rings. The van der Waals surface area contributed by atoms with Crippen molar-refractivity contribution in [3.8, 4) is 0 Å². The van der Waals surface area contributed by atoms with Crippen molar-refractivity contribution in [1.29, 1.82) is 0 Å². The Morgan fingerprint density at radius 2 is 2.00 bits per heavy atom. The van der Waals surface area contributed by atoms with Crippen LogP contribution in [0.25, 0.3) is 0 Å². The van der Waals surface area contributed by atoms with Gasteiger partial charge in [-0.2, -0.15) is 13.2 Å². The molecule has 0 amide bonds. The van der Waals surface area contributed by atoms with Crippen LogP contribution in [-0.2, 0) is 6.54 Å². The largest absolute Gasteiger partial charge is 0.401 e. The Hall–Kier alpha value is -0.740. The van der Waals surface area contributed by atoms with Crippen LogP contribution in [0.2, 0.25) is 5.02 Å². The number of benzene rings is 1. The fraction of sp³-hybridized carbons (Fsp3) is 0.400. The molecule has 15 heavy (non-hydrogen) atoms. The molecule has 0 fully saturated rings. The van der Waals surface area contributed by atoms with Crippen molar-refractivity contribution in [2.45, 2.75) is 19.6 Å². The first-order chi connectivity index (χ1) is 6.90. The Kier molecular flexibility index (Phi) is 3.99. The van der Waals surface area contributed by atoms with Crippen LogP contribution in [0.1, 0.15) is 11.1 Å². The van der Waals surface area contributed by atoms with E-state index in [9.17, 15) is 13.2 Å². The predicted molar refractivity (Wildman–Crippen MR) is 54.0 cm³/mol. The van der Waals surface area contributed by atoms with E-state index in [0.717, 1.165) is 5.56 Å². The second-order valence-corrected chi connectivity index (χ2v) is 3.64. The molecule has 0 saturated heterocycles. The number of nitrogens with one attached hydrogen (secondary N) is 1. The van der Waals surface area contributed by atoms with Crippen LogP contribution in [0.3, 0.4) is 0 Å². The van der Waals surface area contributed by atoms with Crippen molar-refractivity contribution in [3.63, 3.8) is 0 Å². The highest BCUT2D eigenvalue weighted by Gasteiger charge is 2.26. The maximum atomic E-state index is 11.8. The molecule has 0 heterocycles. The summed E-state index contributed by atoms with van der Waals surface area (Å²) in [7, 11) is 0. The summed E-state index contributed by atoms with van der Waals surface area (Å²) < 4.78 is 35.5. The topological polar surface area (TPSA) is 12.0 Å². The molecule has 0 saturated carbocycles. The predicted octanol–water partition coefficient (Wildman–Crippen LogP) is 3.30. The lowest BCUT2D eigenvalue weighted by molar-refractivity contribution is -0.125. The number of hydrogen-bond donors (Lipinski definition) is 1. The van der Waals surface area contributed by atoms with Crippen LogP contribution < -0.4 is 5.32 Å². The van der Waals surface area contributed by atoms with E-state index in [2.05, 4.69) is 5.32 Å². The number of alkyl halides is 3. The summed E-state index contributed by atoms with van der Waals surface area (Å²) in [5.74, 6) is 0. The lowest BCUT2D eigenvalue weighted by Gasteiger charge is -2.10. The van der Waals surface area contributed by atoms with Crippen molar-refractivity contribution < 1.29 is 13.2 Å². The molecular weight excluding hydrogens is 227 g/mol. The zero-order valence-electron chi connectivity index (χ0n) is 8.16. The number of aryl methyl sites for hydroxylation is 1. The molecule has 1 aromatic rings. The summed E-state index contributed by atoms with van der Waals surface area (Å²) in [6.45, 7) is 0.937. The summed E-state index contributed by atoms with van der Waals surface area (Å²) in [6.07, 6.45) is -4.18. The van der Waals surface area contributed by atoms with E-state index < -0.39 is 12.7 Å². The molecule has 0 aromatic heterocycles. The third-order valence-electron chi connectivity index (χ3n) is 1.91. The Morgan fingerprint density at radius 1 is 1.33 bits per heavy atom. The molecule has 0 aliphatic heterocycles. The van der Waals surface area contributed by atoms with Crippen LogP contribution in [0.5, 0.6) is 0 Å². The van der Waals surface area contributed by atoms with E-state index >= 15 is 0 Å². The highest BCUT2D eigenvalue weighted by Crippen LogP contribution is 2.20. The minimum atomic E-state index is -4.18. The molecule has 0 unspecified atom stereocenters. The third kappa shape index (κ3) is 4.10. The minimum Gasteiger partial charge on any atom is -0.305 e. The summed E-state index contributed by atoms with van der Waals surface area (Å²) in [5.41, 5.74) is 1.55. The van der Waals surface area contributed by atoms with Crippen molar-refractivity contribution >= 4 is 11.6 Å². The van der Waals surface area contributed by atoms with E-state index in [0.29, 0.717) is 10.6 Å². The van der Waals surface area contributed by atoms with Gasteiger partial charge in [0.1, 0.15) is 0 Å². The molecule has 1 aromatic carbocycles. The Labute approximate surface area is 91.2 Å². The summed E-state index contributed by atoms with van der Waals surface area (Å²) in [6, 6.07) is 5.29. The fourth-order valence-electron chi connectivity index (χ4n) is 1.18. The van der Waals surface area contributed by atoms with E-state index in [1.807, 2.05) is 13.0 Å². The maximum absolute atomic E-state index is 11.8. The summed E-state index contributed by atoms with van der Waals surface area (Å²) >= 11 is 5.92. The van der Waals surface area contributed by atoms with Gasteiger partial charge in [0.05, 0.1) is 6.54 Å². The molecule has 0 bridgehead atoms. The Morgan fingerprint density at radius 3 is 2.60 bits per heavy atom. The first kappa shape index (κ1) is 12.3. The first-order valence-electron chi connectivity index (χ1n) is 4.41. The average molecular weight is 238 g/mol. The SMILES string of the molecule is Cc1cccc(CNCC(F)(F)F)c1Cl. The third-order valence-corrected chi connectivity index (χ3v) is 2.45. The van der Waals surface area contributed by atoms with Crippen molar-refractivity contribution in [1.82, 2.24) is 5.32 Å². The Balaban J connectivity index is 2.55. The van der Waals surface area contributed by atoms with Gasteiger partial charge in [-0.1, -0.05) is 29.8 Å². The first-order valence-corrected chi connectivity index (χ1v) is 4.79. The van der Waals surface area contributed by atoms with Crippen LogP contribution in [0, 0.1) is 6.92 Å². The average Bonchev–Trinajstić information content (AvgIpc) is 2.10. The van der Waals surface area contributed by atoms with E-state index in [4.69, 9.17) is 11.6 Å². The van der Waals surface area contributed by atoms with Gasteiger partial charge in [-0.3, -0.25) is 0 Å². The van der Waals surface area contributed by atoms with Gasteiger partial charge in [0.2, 0.25) is 0 Å². The van der Waals surface area contributed by atoms with E-state index in [1.165, 1.54) is 0 Å². The van der Waals surface area contributed by atoms with Crippen molar-refractivity contribution in [2.24, 2.45) is 0 Å². The number of hydrogen-bond acceptors (Lipinski definition) is 1. The molecule has 84 valence electrons. The smallest absolute Gasteiger partial charge is 0.305 e. The molecule has 0 radical (unpaired) electrons. The minimum absolute atomic E-state index is 0.125. The molecule has 0 atom stereocenters. The molecule has 0 spiro atoms. The molecule has 1 N–H and O–H groups in total. The number of rotatable bonds is 3. The molecular formula is C10H11ClF3N. The number of halogens is 4. The second-order valence-electron chi connectivity index (χ2n) is 3.27. The van der Waals surface area contributed by atoms with Crippen LogP contribution in [0.15, 0.2) is 18.2 Å². The molecule has 0 aliphatic carbocycles. The lowest BCUT2D eigenvalue weighted by Crippen LogP contribution is -2.28. The van der Waals surface area contributed by atoms with Gasteiger partial charge < -0.3 is 5.32 Å². The zero-order chi connectivity index (χ0) is 11.5. The normalized spacial score (nSPS) is 11.8. The quantitative estimate of drug-likeness (QED) is 0.851. The van der Waals surface area contributed by atoms with E-state index in [1.54, 1.807) is 12.1 Å². The fourth-order valence-corrected chi connectivity index (χ4v) is 1.38. The van der Waals surface area contributed by atoms with Gasteiger partial charge >= 0.3 is 6.18 Å². The van der Waals surface area contributed by atoms with Gasteiger partial charge in [0.25, 0.3) is 0 Å². The maximum Gasteiger partial charge on any atom is 0.401 e. The van der Waals surface area contributed by atoms with Gasteiger partial charge in [-0.25, -0.2) is 0 Å². The van der Waals surface area contributed by atoms with E-state index in [-0.39, 0.29) is 6.54 Å². The molecule has 1 rings (SSSR count). The highest BCUT2D eigenvalue weighted by molar-refractivity contribution is 6.32. The van der Waals surface area contributed by atoms with Crippen LogP contribution >= 0.6 is 11.6 Å². The monoisotopic (exact) mass is 237 g/mol. The van der Waals surface area contributed by atoms with Gasteiger partial charge in [-0.15, -0.1) is 0 Å². The van der Waals surface area contributed by atoms with Gasteiger partial charge in [0, 0.05) is 11.6 Å². The zero-order valence-corrected chi connectivity index (χ0v) is 8.91. The second kappa shape index (κ2) is 4.86. The van der Waals surface area contributed by atoms with Gasteiger partial charge in [0.15, 0.2) is 0 Å². The van der Waals surface area contributed by atoms with Gasteiger partial charge in [-0.05, 0) is 18.1 Å². The molecule has 5 heteroatoms. The van der Waals surface area contributed by atoms with Crippen molar-refractivity contribution in [2.75, 3.05) is 6.54 Å². The Bertz CT molecular complexity index is 336. The van der Waals surface area contributed by atoms with Crippen LogP contribution in [0.4, 0.5) is 13.2 Å². The highest BCUT2D eigenvalue weighted by atomic mass is 35.5. The summed E-state index contributed by atoms with van der Waals surface area (Å²) in [5, 5.41) is 2.82.